The fraction of sp³-hybridized carbons (Fsp3) is 0.0714. The normalized spacial score (nSPS) is 13.1. The molecule has 0 aliphatic heterocycles. The molecule has 0 saturated carbocycles. The number of nitrogens with zero attached hydrogens (tertiary/aromatic N) is 1. The van der Waals surface area contributed by atoms with Gasteiger partial charge in [-0.2, -0.15) is 0 Å². The SMILES string of the molecule is C=CC(N)ON=C(c1ccccc1)c1cccs1. The number of hydrogen-bond donors (Lipinski definition) is 1. The van der Waals surface area contributed by atoms with Crippen molar-refractivity contribution in [1.29, 1.82) is 0 Å². The molecule has 2 aromatic rings. The van der Waals surface area contributed by atoms with E-state index in [1.807, 2.05) is 47.8 Å². The third-order valence-electron chi connectivity index (χ3n) is 2.30. The van der Waals surface area contributed by atoms with E-state index < -0.39 is 6.23 Å². The topological polar surface area (TPSA) is 47.6 Å². The van der Waals surface area contributed by atoms with Crippen molar-refractivity contribution in [2.45, 2.75) is 6.23 Å². The summed E-state index contributed by atoms with van der Waals surface area (Å²) in [6.07, 6.45) is 0.907. The maximum Gasteiger partial charge on any atom is 0.194 e. The Morgan fingerprint density at radius 1 is 1.28 bits per heavy atom. The Bertz CT molecular complexity index is 520. The molecule has 4 heteroatoms. The fourth-order valence-corrected chi connectivity index (χ4v) is 2.13. The molecule has 0 amide bonds. The number of thiophene rings is 1. The summed E-state index contributed by atoms with van der Waals surface area (Å²) in [5.74, 6) is 0. The van der Waals surface area contributed by atoms with Crippen LogP contribution in [0.5, 0.6) is 0 Å². The van der Waals surface area contributed by atoms with Crippen LogP contribution in [0.1, 0.15) is 10.4 Å². The van der Waals surface area contributed by atoms with Gasteiger partial charge in [0.15, 0.2) is 6.23 Å². The van der Waals surface area contributed by atoms with Crippen LogP contribution in [-0.4, -0.2) is 11.9 Å². The Morgan fingerprint density at radius 3 is 2.67 bits per heavy atom. The third kappa shape index (κ3) is 3.06. The highest BCUT2D eigenvalue weighted by Gasteiger charge is 2.09. The molecule has 0 spiro atoms. The number of nitrogens with two attached hydrogens (primary N) is 1. The highest BCUT2D eigenvalue weighted by molar-refractivity contribution is 7.12. The van der Waals surface area contributed by atoms with Crippen molar-refractivity contribution in [2.24, 2.45) is 10.9 Å². The van der Waals surface area contributed by atoms with E-state index in [4.69, 9.17) is 10.6 Å². The molecular formula is C14H14N2OS. The number of oxime groups is 1. The maximum atomic E-state index is 5.61. The summed E-state index contributed by atoms with van der Waals surface area (Å²) in [6.45, 7) is 3.56. The van der Waals surface area contributed by atoms with Gasteiger partial charge in [-0.3, -0.25) is 5.73 Å². The Balaban J connectivity index is 2.33. The van der Waals surface area contributed by atoms with Gasteiger partial charge in [-0.1, -0.05) is 48.1 Å². The quantitative estimate of drug-likeness (QED) is 0.388. The highest BCUT2D eigenvalue weighted by atomic mass is 32.1. The van der Waals surface area contributed by atoms with Gasteiger partial charge in [-0.15, -0.1) is 11.3 Å². The molecule has 0 radical (unpaired) electrons. The smallest absolute Gasteiger partial charge is 0.194 e. The van der Waals surface area contributed by atoms with Crippen molar-refractivity contribution in [3.8, 4) is 0 Å². The second kappa shape index (κ2) is 6.14. The summed E-state index contributed by atoms with van der Waals surface area (Å²) in [5.41, 5.74) is 7.39. The zero-order valence-corrected chi connectivity index (χ0v) is 10.6. The van der Waals surface area contributed by atoms with Gasteiger partial charge >= 0.3 is 0 Å². The Kier molecular flexibility index (Phi) is 4.28. The monoisotopic (exact) mass is 258 g/mol. The first-order valence-corrected chi connectivity index (χ1v) is 6.40. The van der Waals surface area contributed by atoms with Crippen molar-refractivity contribution in [1.82, 2.24) is 0 Å². The second-order valence-corrected chi connectivity index (χ2v) is 4.54. The lowest BCUT2D eigenvalue weighted by atomic mass is 10.1. The predicted molar refractivity (Wildman–Crippen MR) is 75.7 cm³/mol. The largest absolute Gasteiger partial charge is 0.372 e. The summed E-state index contributed by atoms with van der Waals surface area (Å²) in [4.78, 5) is 6.23. The van der Waals surface area contributed by atoms with Crippen molar-refractivity contribution >= 4 is 17.0 Å². The highest BCUT2D eigenvalue weighted by Crippen LogP contribution is 2.16. The molecule has 1 unspecified atom stereocenters. The van der Waals surface area contributed by atoms with E-state index in [9.17, 15) is 0 Å². The maximum absolute atomic E-state index is 5.61. The molecule has 0 bridgehead atoms. The van der Waals surface area contributed by atoms with E-state index in [0.717, 1.165) is 16.2 Å². The van der Waals surface area contributed by atoms with Crippen LogP contribution in [0.3, 0.4) is 0 Å². The van der Waals surface area contributed by atoms with E-state index >= 15 is 0 Å². The number of hydrogen-bond acceptors (Lipinski definition) is 4. The minimum atomic E-state index is -0.594. The van der Waals surface area contributed by atoms with Gasteiger partial charge in [-0.05, 0) is 17.5 Å². The summed E-state index contributed by atoms with van der Waals surface area (Å²) in [5, 5.41) is 6.14. The first kappa shape index (κ1) is 12.5. The lowest BCUT2D eigenvalue weighted by Crippen LogP contribution is -2.19. The first-order chi connectivity index (χ1) is 8.81. The summed E-state index contributed by atoms with van der Waals surface area (Å²) < 4.78 is 0. The second-order valence-electron chi connectivity index (χ2n) is 3.59. The molecule has 1 heterocycles. The van der Waals surface area contributed by atoms with Crippen molar-refractivity contribution < 1.29 is 4.84 Å². The first-order valence-electron chi connectivity index (χ1n) is 5.52. The van der Waals surface area contributed by atoms with Gasteiger partial charge < -0.3 is 4.84 Å². The number of rotatable bonds is 5. The lowest BCUT2D eigenvalue weighted by Gasteiger charge is -2.07. The van der Waals surface area contributed by atoms with Crippen LogP contribution in [0.25, 0.3) is 0 Å². The van der Waals surface area contributed by atoms with Crippen molar-refractivity contribution in [2.75, 3.05) is 0 Å². The summed E-state index contributed by atoms with van der Waals surface area (Å²) in [6, 6.07) is 13.8. The molecule has 92 valence electrons. The lowest BCUT2D eigenvalue weighted by molar-refractivity contribution is 0.0979. The molecular weight excluding hydrogens is 244 g/mol. The standard InChI is InChI=1S/C14H14N2OS/c1-2-13(15)17-16-14(12-9-6-10-18-12)11-7-4-3-5-8-11/h2-10,13H,1,15H2. The molecule has 0 saturated heterocycles. The zero-order chi connectivity index (χ0) is 12.8. The Labute approximate surface area is 110 Å². The van der Waals surface area contributed by atoms with E-state index in [2.05, 4.69) is 11.7 Å². The van der Waals surface area contributed by atoms with E-state index in [0.29, 0.717) is 0 Å². The van der Waals surface area contributed by atoms with E-state index in [1.165, 1.54) is 6.08 Å². The van der Waals surface area contributed by atoms with Crippen molar-refractivity contribution in [3.63, 3.8) is 0 Å². The third-order valence-corrected chi connectivity index (χ3v) is 3.18. The molecule has 1 atom stereocenters. The fourth-order valence-electron chi connectivity index (χ4n) is 1.41. The molecule has 0 fully saturated rings. The average molecular weight is 258 g/mol. The number of benzene rings is 1. The summed E-state index contributed by atoms with van der Waals surface area (Å²) in [7, 11) is 0. The van der Waals surface area contributed by atoms with E-state index in [1.54, 1.807) is 11.3 Å². The molecule has 0 aliphatic carbocycles. The van der Waals surface area contributed by atoms with Gasteiger partial charge in [0.25, 0.3) is 0 Å². The van der Waals surface area contributed by atoms with Crippen LogP contribution < -0.4 is 5.73 Å². The van der Waals surface area contributed by atoms with Crippen LogP contribution in [-0.2, 0) is 4.84 Å². The molecule has 1 aromatic heterocycles. The van der Waals surface area contributed by atoms with Crippen LogP contribution in [0.4, 0.5) is 0 Å². The average Bonchev–Trinajstić information content (AvgIpc) is 2.94. The van der Waals surface area contributed by atoms with Gasteiger partial charge in [-0.25, -0.2) is 0 Å². The van der Waals surface area contributed by atoms with Gasteiger partial charge in [0, 0.05) is 5.56 Å². The molecule has 1 aromatic carbocycles. The molecule has 0 aliphatic rings. The molecule has 18 heavy (non-hydrogen) atoms. The van der Waals surface area contributed by atoms with Crippen LogP contribution in [0.15, 0.2) is 65.7 Å². The van der Waals surface area contributed by atoms with Gasteiger partial charge in [0.1, 0.15) is 5.71 Å². The van der Waals surface area contributed by atoms with Gasteiger partial charge in [0.05, 0.1) is 4.88 Å². The van der Waals surface area contributed by atoms with Crippen LogP contribution in [0.2, 0.25) is 0 Å². The Morgan fingerprint density at radius 2 is 2.06 bits per heavy atom. The Hall–Kier alpha value is -1.91. The van der Waals surface area contributed by atoms with Gasteiger partial charge in [0.2, 0.25) is 0 Å². The van der Waals surface area contributed by atoms with Crippen molar-refractivity contribution in [3.05, 3.63) is 70.9 Å². The zero-order valence-electron chi connectivity index (χ0n) is 9.82. The molecule has 2 N–H and O–H groups in total. The molecule has 3 nitrogen and oxygen atoms in total. The summed E-state index contributed by atoms with van der Waals surface area (Å²) >= 11 is 1.61. The van der Waals surface area contributed by atoms with Crippen LogP contribution >= 0.6 is 11.3 Å². The molecule has 2 rings (SSSR count). The minimum absolute atomic E-state index is 0.594. The minimum Gasteiger partial charge on any atom is -0.372 e. The predicted octanol–water partition coefficient (Wildman–Crippen LogP) is 2.99. The van der Waals surface area contributed by atoms with E-state index in [-0.39, 0.29) is 0 Å². The van der Waals surface area contributed by atoms with Crippen LogP contribution in [0, 0.1) is 0 Å².